The van der Waals surface area contributed by atoms with Crippen LogP contribution in [-0.2, 0) is 10.4 Å². The number of ketones is 1. The van der Waals surface area contributed by atoms with Gasteiger partial charge in [0.1, 0.15) is 5.78 Å². The molecule has 0 aromatic heterocycles. The van der Waals surface area contributed by atoms with Crippen molar-refractivity contribution in [3.05, 3.63) is 29.3 Å². The molecule has 0 heterocycles. The van der Waals surface area contributed by atoms with Crippen molar-refractivity contribution in [1.82, 2.24) is 0 Å². The number of aliphatic hydroxyl groups is 1. The minimum Gasteiger partial charge on any atom is -0.386 e. The van der Waals surface area contributed by atoms with E-state index in [0.717, 1.165) is 40.8 Å². The highest BCUT2D eigenvalue weighted by atomic mass is 19.3. The molecule has 0 aliphatic heterocycles. The molecule has 7 heteroatoms. The molecule has 206 valence electrons. The Morgan fingerprint density at radius 1 is 1.14 bits per heavy atom. The highest BCUT2D eigenvalue weighted by molar-refractivity contribution is 5.84. The average Bonchev–Trinajstić information content (AvgIpc) is 2.74. The molecule has 36 heavy (non-hydrogen) atoms. The first-order valence-electron chi connectivity index (χ1n) is 13.0. The van der Waals surface area contributed by atoms with Crippen molar-refractivity contribution in [3.63, 3.8) is 0 Å². The van der Waals surface area contributed by atoms with Gasteiger partial charge in [-0.25, -0.2) is 0 Å². The lowest BCUT2D eigenvalue weighted by Crippen LogP contribution is -2.59. The van der Waals surface area contributed by atoms with Gasteiger partial charge in [0.05, 0.1) is 11.3 Å². The summed E-state index contributed by atoms with van der Waals surface area (Å²) >= 11 is 0. The fourth-order valence-corrected chi connectivity index (χ4v) is 4.03. The van der Waals surface area contributed by atoms with E-state index in [4.69, 9.17) is 0 Å². The van der Waals surface area contributed by atoms with Crippen molar-refractivity contribution in [1.29, 1.82) is 0 Å². The number of carbonyl (C=O) groups is 1. The summed E-state index contributed by atoms with van der Waals surface area (Å²) in [6.07, 6.45) is 5.35. The zero-order chi connectivity index (χ0) is 27.9. The molecule has 2 aliphatic carbocycles. The lowest BCUT2D eigenvalue weighted by molar-refractivity contribution is -0.313. The summed E-state index contributed by atoms with van der Waals surface area (Å²) < 4.78 is 49.7. The summed E-state index contributed by atoms with van der Waals surface area (Å²) in [6, 6.07) is 5.95. The second kappa shape index (κ2) is 12.7. The van der Waals surface area contributed by atoms with Crippen molar-refractivity contribution in [3.8, 4) is 0 Å². The second-order valence-corrected chi connectivity index (χ2v) is 11.5. The molecule has 2 saturated carbocycles. The number of nitrogens with zero attached hydrogens (tertiary/aromatic N) is 1. The van der Waals surface area contributed by atoms with Gasteiger partial charge >= 0.3 is 11.8 Å². The SMILES string of the molecule is CC1(C)CCC1.CCC(=O)CC1CC(F)(F)C1(F)F.CCCC(C)=Nc1ccc(C(C)(C)O)cc1C. The summed E-state index contributed by atoms with van der Waals surface area (Å²) in [4.78, 5) is 15.3. The molecule has 1 N–H and O–H groups in total. The largest absolute Gasteiger partial charge is 0.386 e. The Hall–Kier alpha value is -1.76. The second-order valence-electron chi connectivity index (χ2n) is 11.5. The van der Waals surface area contributed by atoms with Gasteiger partial charge in [-0.2, -0.15) is 17.6 Å². The van der Waals surface area contributed by atoms with Gasteiger partial charge in [-0.1, -0.05) is 52.7 Å². The van der Waals surface area contributed by atoms with Gasteiger partial charge in [0, 0.05) is 30.9 Å². The van der Waals surface area contributed by atoms with Gasteiger partial charge < -0.3 is 5.11 Å². The number of aliphatic imine (C=N–C) groups is 1. The van der Waals surface area contributed by atoms with Crippen LogP contribution >= 0.6 is 0 Å². The first-order chi connectivity index (χ1) is 16.4. The van der Waals surface area contributed by atoms with E-state index in [1.54, 1.807) is 13.8 Å². The molecule has 0 bridgehead atoms. The molecule has 0 saturated heterocycles. The lowest BCUT2D eigenvalue weighted by atomic mass is 9.72. The maximum absolute atomic E-state index is 12.6. The molecule has 1 atom stereocenters. The Bertz CT molecular complexity index is 895. The summed E-state index contributed by atoms with van der Waals surface area (Å²) in [6.45, 7) is 16.0. The Morgan fingerprint density at radius 2 is 1.69 bits per heavy atom. The maximum atomic E-state index is 12.6. The normalized spacial score (nSPS) is 21.6. The van der Waals surface area contributed by atoms with Gasteiger partial charge in [-0.3, -0.25) is 9.79 Å². The number of alkyl halides is 4. The highest BCUT2D eigenvalue weighted by Gasteiger charge is 2.71. The average molecular weight is 516 g/mol. The van der Waals surface area contributed by atoms with Crippen molar-refractivity contribution in [2.24, 2.45) is 16.3 Å². The predicted molar refractivity (Wildman–Crippen MR) is 140 cm³/mol. The minimum absolute atomic E-state index is 0.123. The Kier molecular flexibility index (Phi) is 11.3. The van der Waals surface area contributed by atoms with E-state index in [1.807, 2.05) is 25.1 Å². The summed E-state index contributed by atoms with van der Waals surface area (Å²) in [5.74, 6) is -9.75. The molecule has 0 amide bonds. The fourth-order valence-electron chi connectivity index (χ4n) is 4.03. The molecule has 1 unspecified atom stereocenters. The van der Waals surface area contributed by atoms with E-state index in [0.29, 0.717) is 0 Å². The topological polar surface area (TPSA) is 49.7 Å². The lowest BCUT2D eigenvalue weighted by Gasteiger charge is -2.43. The van der Waals surface area contributed by atoms with Crippen molar-refractivity contribution in [2.45, 2.75) is 124 Å². The summed E-state index contributed by atoms with van der Waals surface area (Å²) in [7, 11) is 0. The predicted octanol–water partition coefficient (Wildman–Crippen LogP) is 8.96. The molecule has 3 rings (SSSR count). The Labute approximate surface area is 214 Å². The van der Waals surface area contributed by atoms with Crippen LogP contribution in [0, 0.1) is 18.3 Å². The smallest absolute Gasteiger partial charge is 0.313 e. The van der Waals surface area contributed by atoms with E-state index < -0.39 is 36.2 Å². The van der Waals surface area contributed by atoms with Gasteiger partial charge in [0.2, 0.25) is 0 Å². The first-order valence-corrected chi connectivity index (χ1v) is 13.0. The first kappa shape index (κ1) is 32.3. The highest BCUT2D eigenvalue weighted by Crippen LogP contribution is 2.56. The minimum atomic E-state index is -3.99. The van der Waals surface area contributed by atoms with Crippen LogP contribution in [-0.4, -0.2) is 28.4 Å². The molecule has 1 aromatic carbocycles. The van der Waals surface area contributed by atoms with Gasteiger partial charge in [-0.15, -0.1) is 0 Å². The Balaban J connectivity index is 0.000000299. The van der Waals surface area contributed by atoms with Crippen molar-refractivity contribution < 1.29 is 27.5 Å². The number of hydrogen-bond donors (Lipinski definition) is 1. The monoisotopic (exact) mass is 515 g/mol. The number of hydrogen-bond acceptors (Lipinski definition) is 3. The van der Waals surface area contributed by atoms with Crippen molar-refractivity contribution >= 4 is 17.2 Å². The molecule has 0 spiro atoms. The summed E-state index contributed by atoms with van der Waals surface area (Å²) in [5.41, 5.74) is 4.14. The molecule has 1 aromatic rings. The van der Waals surface area contributed by atoms with Crippen LogP contribution in [0.25, 0.3) is 0 Å². The van der Waals surface area contributed by atoms with Crippen LogP contribution in [0.1, 0.15) is 111 Å². The third-order valence-corrected chi connectivity index (χ3v) is 6.91. The van der Waals surface area contributed by atoms with Gasteiger partial charge in [-0.05, 0) is 69.6 Å². The Morgan fingerprint density at radius 3 is 2.03 bits per heavy atom. The van der Waals surface area contributed by atoms with Crippen LogP contribution in [0.15, 0.2) is 23.2 Å². The van der Waals surface area contributed by atoms with E-state index in [9.17, 15) is 27.5 Å². The quantitative estimate of drug-likeness (QED) is 0.291. The van der Waals surface area contributed by atoms with Crippen LogP contribution in [0.4, 0.5) is 23.2 Å². The standard InChI is InChI=1S/C15H23NO.C8H10F4O.C6H12/c1-6-7-12(3)16-14-9-8-13(10-11(14)2)15(4,5)17;1-2-6(13)3-5-4-7(9,10)8(5,11)12;1-6(2)4-3-5-6/h8-10,17H,6-7H2,1-5H3;5H,2-4H2,1H3;3-5H2,1-2H3. The molecule has 2 aliphatic rings. The van der Waals surface area contributed by atoms with Gasteiger partial charge in [0.25, 0.3) is 0 Å². The van der Waals surface area contributed by atoms with E-state index in [-0.39, 0.29) is 12.2 Å². The third-order valence-electron chi connectivity index (χ3n) is 6.91. The number of carbonyl (C=O) groups excluding carboxylic acids is 1. The number of benzene rings is 1. The van der Waals surface area contributed by atoms with Crippen molar-refractivity contribution in [2.75, 3.05) is 0 Å². The van der Waals surface area contributed by atoms with Gasteiger partial charge in [0.15, 0.2) is 0 Å². The molecule has 2 fully saturated rings. The van der Waals surface area contributed by atoms with E-state index >= 15 is 0 Å². The number of rotatable bonds is 7. The number of halogens is 4. The molecule has 0 radical (unpaired) electrons. The van der Waals surface area contributed by atoms with E-state index in [1.165, 1.54) is 26.2 Å². The van der Waals surface area contributed by atoms with E-state index in [2.05, 4.69) is 32.7 Å². The fraction of sp³-hybridized carbons (Fsp3) is 0.724. The van der Waals surface area contributed by atoms with Crippen LogP contribution < -0.4 is 0 Å². The van der Waals surface area contributed by atoms with Crippen LogP contribution in [0.3, 0.4) is 0 Å². The third kappa shape index (κ3) is 9.28. The zero-order valence-corrected chi connectivity index (χ0v) is 23.3. The summed E-state index contributed by atoms with van der Waals surface area (Å²) in [5, 5.41) is 9.93. The van der Waals surface area contributed by atoms with Crippen LogP contribution in [0.2, 0.25) is 0 Å². The maximum Gasteiger partial charge on any atom is 0.313 e. The number of Topliss-reactive ketones (excluding diaryl/α,β-unsaturated/α-hetero) is 1. The zero-order valence-electron chi connectivity index (χ0n) is 23.3. The molecular formula is C29H45F4NO2. The number of aryl methyl sites for hydroxylation is 1. The van der Waals surface area contributed by atoms with Crippen LogP contribution in [0.5, 0.6) is 0 Å². The molecular weight excluding hydrogens is 470 g/mol. The molecule has 3 nitrogen and oxygen atoms in total.